The van der Waals surface area contributed by atoms with Gasteiger partial charge in [0.05, 0.1) is 12.0 Å². The number of carbonyl (C=O) groups is 2. The number of methoxy groups -OCH3 is 1. The van der Waals surface area contributed by atoms with Gasteiger partial charge < -0.3 is 19.2 Å². The quantitative estimate of drug-likeness (QED) is 0.622. The number of benzene rings is 1. The molecule has 2 aromatic heterocycles. The number of ether oxygens (including phenoxy) is 2. The highest BCUT2D eigenvalue weighted by Gasteiger charge is 2.19. The van der Waals surface area contributed by atoms with Crippen molar-refractivity contribution >= 4 is 23.2 Å². The fraction of sp³-hybridized carbons (Fsp3) is 0.222. The third-order valence-electron chi connectivity index (χ3n) is 3.57. The minimum atomic E-state index is -0.740. The number of hydrogen-bond acceptors (Lipinski definition) is 8. The summed E-state index contributed by atoms with van der Waals surface area (Å²) in [6.07, 6.45) is -0.740. The molecule has 0 saturated carbocycles. The normalized spacial score (nSPS) is 11.6. The first-order valence-corrected chi connectivity index (χ1v) is 8.94. The van der Waals surface area contributed by atoms with Crippen LogP contribution >= 0.6 is 11.3 Å². The lowest BCUT2D eigenvalue weighted by Crippen LogP contribution is -2.30. The van der Waals surface area contributed by atoms with Crippen molar-refractivity contribution in [1.29, 1.82) is 0 Å². The molecule has 0 aliphatic carbocycles. The highest BCUT2D eigenvalue weighted by Crippen LogP contribution is 2.24. The number of amides is 1. The summed E-state index contributed by atoms with van der Waals surface area (Å²) in [4.78, 5) is 24.2. The molecule has 0 aliphatic heterocycles. The highest BCUT2D eigenvalue weighted by molar-refractivity contribution is 7.12. The number of nitrogens with zero attached hydrogens (tertiary/aromatic N) is 2. The van der Waals surface area contributed by atoms with E-state index in [4.69, 9.17) is 13.9 Å². The van der Waals surface area contributed by atoms with Gasteiger partial charge in [-0.15, -0.1) is 21.5 Å². The van der Waals surface area contributed by atoms with E-state index in [1.165, 1.54) is 11.3 Å². The number of nitrogens with one attached hydrogen (secondary N) is 1. The molecule has 1 N–H and O–H groups in total. The van der Waals surface area contributed by atoms with E-state index in [0.717, 1.165) is 5.56 Å². The van der Waals surface area contributed by atoms with Crippen LogP contribution < -0.4 is 10.1 Å². The zero-order valence-corrected chi connectivity index (χ0v) is 15.5. The van der Waals surface area contributed by atoms with E-state index in [0.29, 0.717) is 16.5 Å². The molecule has 8 nitrogen and oxygen atoms in total. The van der Waals surface area contributed by atoms with Crippen LogP contribution in [-0.4, -0.2) is 35.7 Å². The van der Waals surface area contributed by atoms with E-state index in [1.807, 2.05) is 0 Å². The molecule has 140 valence electrons. The van der Waals surface area contributed by atoms with E-state index in [1.54, 1.807) is 55.8 Å². The lowest BCUT2D eigenvalue weighted by molar-refractivity contribution is -0.148. The fourth-order valence-corrected chi connectivity index (χ4v) is 2.83. The Labute approximate surface area is 159 Å². The van der Waals surface area contributed by atoms with E-state index in [2.05, 4.69) is 15.5 Å². The monoisotopic (exact) mass is 387 g/mol. The van der Waals surface area contributed by atoms with Crippen molar-refractivity contribution < 1.29 is 23.5 Å². The Morgan fingerprint density at radius 3 is 2.67 bits per heavy atom. The topological polar surface area (TPSA) is 104 Å². The largest absolute Gasteiger partial charge is 0.497 e. The number of hydrogen-bond donors (Lipinski definition) is 1. The summed E-state index contributed by atoms with van der Waals surface area (Å²) in [5.74, 6) is 0.261. The molecule has 0 radical (unpaired) electrons. The molecule has 2 heterocycles. The van der Waals surface area contributed by atoms with Crippen LogP contribution in [0.4, 0.5) is 0 Å². The smallest absolute Gasteiger partial charge is 0.326 e. The van der Waals surface area contributed by atoms with E-state index in [-0.39, 0.29) is 18.3 Å². The number of rotatable bonds is 7. The Bertz CT molecular complexity index is 905. The predicted octanol–water partition coefficient (Wildman–Crippen LogP) is 2.84. The third-order valence-corrected chi connectivity index (χ3v) is 4.44. The van der Waals surface area contributed by atoms with Gasteiger partial charge in [0, 0.05) is 5.56 Å². The minimum Gasteiger partial charge on any atom is -0.497 e. The Balaban J connectivity index is 1.54. The van der Waals surface area contributed by atoms with Crippen molar-refractivity contribution in [3.05, 3.63) is 52.5 Å². The third kappa shape index (κ3) is 4.70. The molecule has 0 saturated heterocycles. The number of carbonyl (C=O) groups excluding carboxylic acids is 2. The van der Waals surface area contributed by atoms with Crippen molar-refractivity contribution in [2.45, 2.75) is 13.0 Å². The first-order valence-electron chi connectivity index (χ1n) is 8.06. The van der Waals surface area contributed by atoms with Gasteiger partial charge in [-0.1, -0.05) is 6.07 Å². The van der Waals surface area contributed by atoms with Gasteiger partial charge in [0.2, 0.25) is 5.89 Å². The molecule has 27 heavy (non-hydrogen) atoms. The second kappa shape index (κ2) is 8.45. The van der Waals surface area contributed by atoms with Crippen molar-refractivity contribution in [1.82, 2.24) is 15.5 Å². The van der Waals surface area contributed by atoms with Crippen molar-refractivity contribution in [3.63, 3.8) is 0 Å². The van der Waals surface area contributed by atoms with Gasteiger partial charge in [-0.05, 0) is 42.6 Å². The molecule has 1 aromatic carbocycles. The summed E-state index contributed by atoms with van der Waals surface area (Å²) in [6, 6.07) is 10.6. The molecule has 3 aromatic rings. The summed E-state index contributed by atoms with van der Waals surface area (Å²) in [6.45, 7) is 1.37. The van der Waals surface area contributed by atoms with Crippen LogP contribution in [0.25, 0.3) is 11.5 Å². The molecule has 3 rings (SSSR count). The minimum absolute atomic E-state index is 0.166. The van der Waals surface area contributed by atoms with Crippen LogP contribution in [0.15, 0.2) is 46.2 Å². The molecule has 9 heteroatoms. The first-order chi connectivity index (χ1) is 13.1. The van der Waals surface area contributed by atoms with Gasteiger partial charge in [0.15, 0.2) is 6.10 Å². The summed E-state index contributed by atoms with van der Waals surface area (Å²) in [7, 11) is 1.58. The zero-order valence-electron chi connectivity index (χ0n) is 14.7. The number of thiophene rings is 1. The van der Waals surface area contributed by atoms with Crippen molar-refractivity contribution in [2.24, 2.45) is 0 Å². The molecule has 1 atom stereocenters. The molecular weight excluding hydrogens is 370 g/mol. The van der Waals surface area contributed by atoms with Crippen LogP contribution in [0.3, 0.4) is 0 Å². The van der Waals surface area contributed by atoms with Gasteiger partial charge in [0.1, 0.15) is 12.3 Å². The summed E-state index contributed by atoms with van der Waals surface area (Å²) in [5.41, 5.74) is 0.719. The second-order valence-electron chi connectivity index (χ2n) is 5.47. The Morgan fingerprint density at radius 1 is 1.22 bits per heavy atom. The summed E-state index contributed by atoms with van der Waals surface area (Å²) < 4.78 is 15.9. The van der Waals surface area contributed by atoms with E-state index >= 15 is 0 Å². The molecule has 1 amide bonds. The van der Waals surface area contributed by atoms with Gasteiger partial charge in [-0.2, -0.15) is 0 Å². The lowest BCUT2D eigenvalue weighted by Gasteiger charge is -2.09. The van der Waals surface area contributed by atoms with Crippen LogP contribution in [0.1, 0.15) is 28.6 Å². The lowest BCUT2D eigenvalue weighted by atomic mass is 10.2. The first kappa shape index (κ1) is 18.6. The van der Waals surface area contributed by atoms with Crippen molar-refractivity contribution in [3.8, 4) is 17.2 Å². The second-order valence-corrected chi connectivity index (χ2v) is 6.41. The molecule has 0 fully saturated rings. The Morgan fingerprint density at radius 2 is 2.00 bits per heavy atom. The number of aromatic nitrogens is 2. The van der Waals surface area contributed by atoms with Crippen LogP contribution in [0, 0.1) is 0 Å². The summed E-state index contributed by atoms with van der Waals surface area (Å²) in [5, 5.41) is 12.2. The average Bonchev–Trinajstić information content (AvgIpc) is 3.38. The molecule has 0 bridgehead atoms. The average molecular weight is 387 g/mol. The summed E-state index contributed by atoms with van der Waals surface area (Å²) >= 11 is 1.29. The Hall–Kier alpha value is -3.20. The standard InChI is InChI=1S/C18H17N3O5S/c1-11(25-15(22)10-19-16(23)14-4-3-9-27-14)17-20-21-18(26-17)12-5-7-13(24-2)8-6-12/h3-9,11H,10H2,1-2H3,(H,19,23)/t11-/m1/s1. The maximum Gasteiger partial charge on any atom is 0.326 e. The molecular formula is C18H17N3O5S. The molecule has 0 unspecified atom stereocenters. The Kier molecular flexibility index (Phi) is 5.82. The number of esters is 1. The zero-order chi connectivity index (χ0) is 19.2. The SMILES string of the molecule is COc1ccc(-c2nnc([C@@H](C)OC(=O)CNC(=O)c3cccs3)o2)cc1. The van der Waals surface area contributed by atoms with E-state index < -0.39 is 12.1 Å². The molecule has 0 aliphatic rings. The van der Waals surface area contributed by atoms with Gasteiger partial charge in [0.25, 0.3) is 11.8 Å². The van der Waals surface area contributed by atoms with Crippen LogP contribution in [0.5, 0.6) is 5.75 Å². The maximum absolute atomic E-state index is 11.9. The van der Waals surface area contributed by atoms with Crippen LogP contribution in [-0.2, 0) is 9.53 Å². The predicted molar refractivity (Wildman–Crippen MR) is 97.4 cm³/mol. The van der Waals surface area contributed by atoms with Gasteiger partial charge >= 0.3 is 5.97 Å². The van der Waals surface area contributed by atoms with Crippen molar-refractivity contribution in [2.75, 3.05) is 13.7 Å². The maximum atomic E-state index is 11.9. The van der Waals surface area contributed by atoms with Crippen LogP contribution in [0.2, 0.25) is 0 Å². The fourth-order valence-electron chi connectivity index (χ4n) is 2.19. The van der Waals surface area contributed by atoms with E-state index in [9.17, 15) is 9.59 Å². The van der Waals surface area contributed by atoms with Gasteiger partial charge in [-0.25, -0.2) is 0 Å². The van der Waals surface area contributed by atoms with Gasteiger partial charge in [-0.3, -0.25) is 9.59 Å². The highest BCUT2D eigenvalue weighted by atomic mass is 32.1. The molecule has 0 spiro atoms.